The van der Waals surface area contributed by atoms with Crippen molar-refractivity contribution >= 4 is 11.7 Å². The highest BCUT2D eigenvalue weighted by molar-refractivity contribution is 5.91. The number of amides is 2. The number of urea groups is 1. The lowest BCUT2D eigenvalue weighted by atomic mass is 10.1. The predicted octanol–water partition coefficient (Wildman–Crippen LogP) is 5.39. The van der Waals surface area contributed by atoms with Crippen LogP contribution >= 0.6 is 0 Å². The normalized spacial score (nSPS) is 10.3. The van der Waals surface area contributed by atoms with Crippen LogP contribution in [-0.4, -0.2) is 12.8 Å². The molecule has 0 fully saturated rings. The van der Waals surface area contributed by atoms with Crippen molar-refractivity contribution in [1.82, 2.24) is 5.32 Å². The topological polar surface area (TPSA) is 41.6 Å². The third-order valence-corrected chi connectivity index (χ3v) is 4.42. The fraction of sp³-hybridized carbons (Fsp3) is 0.208. The Hall–Kier alpha value is -3.27. The van der Waals surface area contributed by atoms with Crippen molar-refractivity contribution in [2.24, 2.45) is 0 Å². The van der Waals surface area contributed by atoms with E-state index in [1.165, 1.54) is 5.56 Å². The van der Waals surface area contributed by atoms with E-state index in [1.54, 1.807) is 4.90 Å². The van der Waals surface area contributed by atoms with Crippen LogP contribution in [0, 0.1) is 0 Å². The highest BCUT2D eigenvalue weighted by atomic mass is 16.5. The van der Waals surface area contributed by atoms with Gasteiger partial charge in [-0.2, -0.15) is 0 Å². The maximum atomic E-state index is 12.8. The third kappa shape index (κ3) is 5.61. The van der Waals surface area contributed by atoms with Gasteiger partial charge in [0, 0.05) is 5.69 Å². The molecule has 3 aromatic carbocycles. The average molecular weight is 374 g/mol. The van der Waals surface area contributed by atoms with Crippen LogP contribution in [0.15, 0.2) is 84.9 Å². The van der Waals surface area contributed by atoms with Crippen molar-refractivity contribution in [2.75, 3.05) is 11.6 Å². The summed E-state index contributed by atoms with van der Waals surface area (Å²) >= 11 is 0. The van der Waals surface area contributed by atoms with Crippen LogP contribution in [0.2, 0.25) is 0 Å². The van der Waals surface area contributed by atoms with Crippen LogP contribution in [-0.2, 0) is 13.0 Å². The summed E-state index contributed by atoms with van der Waals surface area (Å²) in [5.41, 5.74) is 3.19. The molecule has 0 radical (unpaired) electrons. The van der Waals surface area contributed by atoms with E-state index >= 15 is 0 Å². The van der Waals surface area contributed by atoms with Gasteiger partial charge in [-0.15, -0.1) is 0 Å². The van der Waals surface area contributed by atoms with Gasteiger partial charge in [-0.25, -0.2) is 4.79 Å². The fourth-order valence-electron chi connectivity index (χ4n) is 2.97. The number of ether oxygens (including phenoxy) is 1. The van der Waals surface area contributed by atoms with Crippen molar-refractivity contribution < 1.29 is 9.53 Å². The molecule has 0 heterocycles. The number of hydrogen-bond donors (Lipinski definition) is 1. The molecule has 144 valence electrons. The second-order valence-electron chi connectivity index (χ2n) is 6.57. The molecule has 2 amide bonds. The Balaban J connectivity index is 1.61. The first kappa shape index (κ1) is 19.5. The van der Waals surface area contributed by atoms with Gasteiger partial charge >= 0.3 is 6.03 Å². The molecular formula is C24H26N2O2. The summed E-state index contributed by atoms with van der Waals surface area (Å²) in [6, 6.07) is 27.4. The Kier molecular flexibility index (Phi) is 7.08. The van der Waals surface area contributed by atoms with Gasteiger partial charge < -0.3 is 10.1 Å². The van der Waals surface area contributed by atoms with E-state index in [9.17, 15) is 4.79 Å². The number of rotatable bonds is 8. The van der Waals surface area contributed by atoms with E-state index in [0.29, 0.717) is 6.54 Å². The van der Waals surface area contributed by atoms with Gasteiger partial charge in [-0.1, -0.05) is 74.0 Å². The quantitative estimate of drug-likeness (QED) is 0.537. The second-order valence-corrected chi connectivity index (χ2v) is 6.57. The molecule has 0 bridgehead atoms. The van der Waals surface area contributed by atoms with Crippen LogP contribution in [0.3, 0.4) is 0 Å². The Morgan fingerprint density at radius 2 is 1.50 bits per heavy atom. The SMILES string of the molecule is CCCc1ccc(OCNC(=O)N(Cc2ccccc2)c2ccccc2)cc1. The fourth-order valence-corrected chi connectivity index (χ4v) is 2.97. The van der Waals surface area contributed by atoms with Crippen LogP contribution in [0.25, 0.3) is 0 Å². The van der Waals surface area contributed by atoms with Gasteiger partial charge in [0.15, 0.2) is 6.73 Å². The van der Waals surface area contributed by atoms with Crippen LogP contribution in [0.5, 0.6) is 5.75 Å². The van der Waals surface area contributed by atoms with E-state index in [1.807, 2.05) is 72.8 Å². The zero-order valence-electron chi connectivity index (χ0n) is 16.2. The highest BCUT2D eigenvalue weighted by Gasteiger charge is 2.15. The number of hydrogen-bond acceptors (Lipinski definition) is 2. The number of aryl methyl sites for hydroxylation is 1. The summed E-state index contributed by atoms with van der Waals surface area (Å²) in [4.78, 5) is 14.5. The van der Waals surface area contributed by atoms with Crippen molar-refractivity contribution in [3.05, 3.63) is 96.1 Å². The average Bonchev–Trinajstić information content (AvgIpc) is 2.75. The summed E-state index contributed by atoms with van der Waals surface area (Å²) in [6.45, 7) is 2.76. The predicted molar refractivity (Wildman–Crippen MR) is 114 cm³/mol. The summed E-state index contributed by atoms with van der Waals surface area (Å²) in [5.74, 6) is 0.745. The summed E-state index contributed by atoms with van der Waals surface area (Å²) in [6.07, 6.45) is 2.18. The lowest BCUT2D eigenvalue weighted by molar-refractivity contribution is 0.229. The number of benzene rings is 3. The molecule has 0 aliphatic carbocycles. The van der Waals surface area contributed by atoms with E-state index in [0.717, 1.165) is 29.8 Å². The van der Waals surface area contributed by atoms with Gasteiger partial charge in [-0.3, -0.25) is 4.90 Å². The zero-order chi connectivity index (χ0) is 19.6. The molecular weight excluding hydrogens is 348 g/mol. The molecule has 0 spiro atoms. The lowest BCUT2D eigenvalue weighted by Crippen LogP contribution is -2.41. The molecule has 0 atom stereocenters. The number of carbonyl (C=O) groups is 1. The number of nitrogens with zero attached hydrogens (tertiary/aromatic N) is 1. The first-order valence-electron chi connectivity index (χ1n) is 9.62. The molecule has 1 N–H and O–H groups in total. The van der Waals surface area contributed by atoms with Crippen molar-refractivity contribution in [3.8, 4) is 5.75 Å². The molecule has 0 unspecified atom stereocenters. The summed E-state index contributed by atoms with van der Waals surface area (Å²) in [7, 11) is 0. The maximum absolute atomic E-state index is 12.8. The molecule has 0 saturated heterocycles. The number of para-hydroxylation sites is 1. The molecule has 4 heteroatoms. The molecule has 28 heavy (non-hydrogen) atoms. The van der Waals surface area contributed by atoms with Crippen LogP contribution < -0.4 is 15.0 Å². The van der Waals surface area contributed by atoms with Gasteiger partial charge in [-0.05, 0) is 41.8 Å². The Morgan fingerprint density at radius 1 is 0.857 bits per heavy atom. The highest BCUT2D eigenvalue weighted by Crippen LogP contribution is 2.17. The molecule has 3 rings (SSSR count). The first-order valence-corrected chi connectivity index (χ1v) is 9.62. The summed E-state index contributed by atoms with van der Waals surface area (Å²) in [5, 5.41) is 2.85. The van der Waals surface area contributed by atoms with E-state index in [-0.39, 0.29) is 12.8 Å². The van der Waals surface area contributed by atoms with E-state index in [2.05, 4.69) is 24.4 Å². The Morgan fingerprint density at radius 3 is 2.14 bits per heavy atom. The second kappa shape index (κ2) is 10.2. The minimum Gasteiger partial charge on any atom is -0.473 e. The molecule has 0 aromatic heterocycles. The van der Waals surface area contributed by atoms with Crippen molar-refractivity contribution in [2.45, 2.75) is 26.3 Å². The minimum atomic E-state index is -0.197. The standard InChI is InChI=1S/C24H26N2O2/c1-2-9-20-14-16-23(17-15-20)28-19-25-24(27)26(22-12-7-4-8-13-22)18-21-10-5-3-6-11-21/h3-8,10-17H,2,9,18-19H2,1H3,(H,25,27). The van der Waals surface area contributed by atoms with Gasteiger partial charge in [0.25, 0.3) is 0 Å². The van der Waals surface area contributed by atoms with E-state index in [4.69, 9.17) is 4.74 Å². The number of anilines is 1. The first-order chi connectivity index (χ1) is 13.8. The van der Waals surface area contributed by atoms with Gasteiger partial charge in [0.2, 0.25) is 0 Å². The largest absolute Gasteiger partial charge is 0.473 e. The monoisotopic (exact) mass is 374 g/mol. The van der Waals surface area contributed by atoms with Crippen molar-refractivity contribution in [3.63, 3.8) is 0 Å². The molecule has 3 aromatic rings. The number of nitrogens with one attached hydrogen (secondary N) is 1. The Bertz CT molecular complexity index is 849. The number of carbonyl (C=O) groups excluding carboxylic acids is 1. The lowest BCUT2D eigenvalue weighted by Gasteiger charge is -2.23. The van der Waals surface area contributed by atoms with Crippen LogP contribution in [0.1, 0.15) is 24.5 Å². The van der Waals surface area contributed by atoms with Crippen molar-refractivity contribution in [1.29, 1.82) is 0 Å². The van der Waals surface area contributed by atoms with E-state index < -0.39 is 0 Å². The zero-order valence-corrected chi connectivity index (χ0v) is 16.2. The Labute approximate surface area is 166 Å². The summed E-state index contributed by atoms with van der Waals surface area (Å²) < 4.78 is 5.69. The minimum absolute atomic E-state index is 0.115. The smallest absolute Gasteiger partial charge is 0.324 e. The van der Waals surface area contributed by atoms with Crippen LogP contribution in [0.4, 0.5) is 10.5 Å². The molecule has 4 nitrogen and oxygen atoms in total. The van der Waals surface area contributed by atoms with Gasteiger partial charge in [0.1, 0.15) is 5.75 Å². The molecule has 0 saturated carbocycles. The third-order valence-electron chi connectivity index (χ3n) is 4.42. The maximum Gasteiger partial charge on any atom is 0.324 e. The molecule has 0 aliphatic rings. The molecule has 0 aliphatic heterocycles. The van der Waals surface area contributed by atoms with Gasteiger partial charge in [0.05, 0.1) is 6.54 Å².